The summed E-state index contributed by atoms with van der Waals surface area (Å²) in [6.45, 7) is 0.115. The van der Waals surface area contributed by atoms with E-state index in [9.17, 15) is 14.4 Å². The molecule has 27 heavy (non-hydrogen) atoms. The van der Waals surface area contributed by atoms with Crippen LogP contribution in [-0.4, -0.2) is 33.7 Å². The summed E-state index contributed by atoms with van der Waals surface area (Å²) in [6, 6.07) is 8.70. The van der Waals surface area contributed by atoms with Crippen molar-refractivity contribution >= 4 is 17.9 Å². The van der Waals surface area contributed by atoms with Gasteiger partial charge in [-0.15, -0.1) is 0 Å². The lowest BCUT2D eigenvalue weighted by atomic mass is 10.1. The number of ether oxygens (including phenoxy) is 1. The van der Waals surface area contributed by atoms with Gasteiger partial charge < -0.3 is 10.1 Å². The van der Waals surface area contributed by atoms with Gasteiger partial charge in [0.1, 0.15) is 18.3 Å². The molecule has 1 atom stereocenters. The van der Waals surface area contributed by atoms with Gasteiger partial charge in [-0.2, -0.15) is 5.10 Å². The van der Waals surface area contributed by atoms with Gasteiger partial charge in [-0.3, -0.25) is 14.9 Å². The Morgan fingerprint density at radius 1 is 1.22 bits per heavy atom. The van der Waals surface area contributed by atoms with Crippen LogP contribution in [0, 0.1) is 0 Å². The minimum Gasteiger partial charge on any atom is -0.459 e. The van der Waals surface area contributed by atoms with Crippen molar-refractivity contribution in [2.75, 3.05) is 0 Å². The molecule has 4 rings (SSSR count). The van der Waals surface area contributed by atoms with E-state index in [1.807, 2.05) is 35.0 Å². The SMILES string of the molecule is O=C1NC(=O)[C@H](CCC(=O)OCc2nn(-c3ccccc3)c3c2CCC3)N1. The predicted molar refractivity (Wildman–Crippen MR) is 95.1 cm³/mol. The first kappa shape index (κ1) is 17.3. The van der Waals surface area contributed by atoms with E-state index in [0.29, 0.717) is 0 Å². The number of rotatable bonds is 6. The number of aromatic nitrogens is 2. The number of carbonyl (C=O) groups excluding carboxylic acids is 3. The molecule has 0 bridgehead atoms. The van der Waals surface area contributed by atoms with E-state index in [-0.39, 0.29) is 19.4 Å². The molecule has 0 saturated carbocycles. The summed E-state index contributed by atoms with van der Waals surface area (Å²) < 4.78 is 7.30. The number of esters is 1. The summed E-state index contributed by atoms with van der Waals surface area (Å²) in [5.41, 5.74) is 4.12. The van der Waals surface area contributed by atoms with Crippen LogP contribution in [-0.2, 0) is 33.8 Å². The molecular weight excluding hydrogens is 348 g/mol. The van der Waals surface area contributed by atoms with Gasteiger partial charge >= 0.3 is 12.0 Å². The highest BCUT2D eigenvalue weighted by Crippen LogP contribution is 2.28. The average molecular weight is 368 g/mol. The molecule has 1 aromatic heterocycles. The van der Waals surface area contributed by atoms with E-state index in [2.05, 4.69) is 15.7 Å². The Morgan fingerprint density at radius 3 is 2.78 bits per heavy atom. The summed E-state index contributed by atoms with van der Waals surface area (Å²) >= 11 is 0. The number of benzene rings is 1. The van der Waals surface area contributed by atoms with E-state index in [1.165, 1.54) is 5.69 Å². The largest absolute Gasteiger partial charge is 0.459 e. The first-order valence-electron chi connectivity index (χ1n) is 9.04. The summed E-state index contributed by atoms with van der Waals surface area (Å²) in [7, 11) is 0. The van der Waals surface area contributed by atoms with Crippen LogP contribution >= 0.6 is 0 Å². The van der Waals surface area contributed by atoms with Gasteiger partial charge in [-0.05, 0) is 37.8 Å². The molecular formula is C19H20N4O4. The van der Waals surface area contributed by atoms with Crippen molar-refractivity contribution in [1.82, 2.24) is 20.4 Å². The van der Waals surface area contributed by atoms with Crippen molar-refractivity contribution in [2.24, 2.45) is 0 Å². The number of amides is 3. The number of hydrogen-bond donors (Lipinski definition) is 2. The highest BCUT2D eigenvalue weighted by molar-refractivity contribution is 6.04. The smallest absolute Gasteiger partial charge is 0.322 e. The molecule has 2 aromatic rings. The van der Waals surface area contributed by atoms with E-state index in [4.69, 9.17) is 4.74 Å². The number of nitrogens with one attached hydrogen (secondary N) is 2. The zero-order valence-electron chi connectivity index (χ0n) is 14.7. The highest BCUT2D eigenvalue weighted by atomic mass is 16.5. The zero-order valence-corrected chi connectivity index (χ0v) is 14.7. The van der Waals surface area contributed by atoms with Crippen molar-refractivity contribution in [1.29, 1.82) is 0 Å². The van der Waals surface area contributed by atoms with Crippen molar-refractivity contribution in [3.63, 3.8) is 0 Å². The minimum absolute atomic E-state index is 0.0555. The second kappa shape index (κ2) is 7.22. The normalized spacial score (nSPS) is 18.1. The molecule has 2 aliphatic rings. The lowest BCUT2D eigenvalue weighted by Crippen LogP contribution is -2.29. The van der Waals surface area contributed by atoms with Gasteiger partial charge in [0.2, 0.25) is 0 Å². The van der Waals surface area contributed by atoms with Gasteiger partial charge in [0, 0.05) is 17.7 Å². The van der Waals surface area contributed by atoms with Crippen LogP contribution in [0.15, 0.2) is 30.3 Å². The van der Waals surface area contributed by atoms with Gasteiger partial charge in [-0.1, -0.05) is 18.2 Å². The fourth-order valence-electron chi connectivity index (χ4n) is 3.56. The molecule has 0 spiro atoms. The number of carbonyl (C=O) groups is 3. The molecule has 8 heteroatoms. The van der Waals surface area contributed by atoms with Crippen LogP contribution in [0.25, 0.3) is 5.69 Å². The van der Waals surface area contributed by atoms with Crippen LogP contribution in [0.5, 0.6) is 0 Å². The fourth-order valence-corrected chi connectivity index (χ4v) is 3.56. The van der Waals surface area contributed by atoms with Gasteiger partial charge in [0.25, 0.3) is 5.91 Å². The van der Waals surface area contributed by atoms with Crippen LogP contribution < -0.4 is 10.6 Å². The molecule has 1 aliphatic carbocycles. The van der Waals surface area contributed by atoms with Gasteiger partial charge in [0.15, 0.2) is 0 Å². The van der Waals surface area contributed by atoms with Crippen LogP contribution in [0.1, 0.15) is 36.2 Å². The predicted octanol–water partition coefficient (Wildman–Crippen LogP) is 1.39. The number of urea groups is 1. The molecule has 0 radical (unpaired) electrons. The van der Waals surface area contributed by atoms with Crippen LogP contribution in [0.2, 0.25) is 0 Å². The molecule has 2 N–H and O–H groups in total. The molecule has 1 saturated heterocycles. The molecule has 140 valence electrons. The molecule has 8 nitrogen and oxygen atoms in total. The quantitative estimate of drug-likeness (QED) is 0.593. The highest BCUT2D eigenvalue weighted by Gasteiger charge is 2.30. The van der Waals surface area contributed by atoms with E-state index in [0.717, 1.165) is 36.2 Å². The Kier molecular flexibility index (Phi) is 4.62. The first-order valence-corrected chi connectivity index (χ1v) is 9.04. The van der Waals surface area contributed by atoms with Crippen molar-refractivity contribution in [3.8, 4) is 5.69 Å². The number of imide groups is 1. The Labute approximate surface area is 155 Å². The summed E-state index contributed by atoms with van der Waals surface area (Å²) in [6.07, 6.45) is 3.23. The lowest BCUT2D eigenvalue weighted by molar-refractivity contribution is -0.145. The van der Waals surface area contributed by atoms with Crippen molar-refractivity contribution in [3.05, 3.63) is 47.3 Å². The third kappa shape index (κ3) is 3.55. The maximum atomic E-state index is 12.0. The van der Waals surface area contributed by atoms with Gasteiger partial charge in [0.05, 0.1) is 5.69 Å². The number of para-hydroxylation sites is 1. The summed E-state index contributed by atoms with van der Waals surface area (Å²) in [4.78, 5) is 34.6. The Hall–Kier alpha value is -3.16. The van der Waals surface area contributed by atoms with Crippen LogP contribution in [0.4, 0.5) is 4.79 Å². The Morgan fingerprint density at radius 2 is 2.04 bits per heavy atom. The van der Waals surface area contributed by atoms with Gasteiger partial charge in [-0.25, -0.2) is 9.48 Å². The standard InChI is InChI=1S/C19H20N4O4/c24-17(10-9-14-18(25)21-19(26)20-14)27-11-15-13-7-4-8-16(13)23(22-15)12-5-2-1-3-6-12/h1-3,5-6,14H,4,7-11H2,(H2,20,21,25,26)/t14-/m0/s1. The van der Waals surface area contributed by atoms with Crippen molar-refractivity contribution in [2.45, 2.75) is 44.8 Å². The zero-order chi connectivity index (χ0) is 18.8. The number of nitrogens with zero attached hydrogens (tertiary/aromatic N) is 2. The Bertz CT molecular complexity index is 891. The molecule has 3 amide bonds. The molecule has 1 aromatic carbocycles. The molecule has 1 aliphatic heterocycles. The number of hydrogen-bond acceptors (Lipinski definition) is 5. The molecule has 0 unspecified atom stereocenters. The van der Waals surface area contributed by atoms with E-state index < -0.39 is 23.9 Å². The average Bonchev–Trinajstić information content (AvgIpc) is 3.34. The third-order valence-electron chi connectivity index (χ3n) is 4.88. The number of fused-ring (bicyclic) bond motifs is 1. The summed E-state index contributed by atoms with van der Waals surface area (Å²) in [5.74, 6) is -0.822. The molecule has 2 heterocycles. The first-order chi connectivity index (χ1) is 13.1. The second-order valence-electron chi connectivity index (χ2n) is 6.69. The van der Waals surface area contributed by atoms with Crippen LogP contribution in [0.3, 0.4) is 0 Å². The van der Waals surface area contributed by atoms with E-state index >= 15 is 0 Å². The second-order valence-corrected chi connectivity index (χ2v) is 6.69. The minimum atomic E-state index is -0.674. The maximum Gasteiger partial charge on any atom is 0.322 e. The van der Waals surface area contributed by atoms with E-state index in [1.54, 1.807) is 0 Å². The fraction of sp³-hybridized carbons (Fsp3) is 0.368. The Balaban J connectivity index is 1.38. The summed E-state index contributed by atoms with van der Waals surface area (Å²) in [5, 5.41) is 9.26. The van der Waals surface area contributed by atoms with Crippen molar-refractivity contribution < 1.29 is 19.1 Å². The lowest BCUT2D eigenvalue weighted by Gasteiger charge is -2.07. The third-order valence-corrected chi connectivity index (χ3v) is 4.88. The maximum absolute atomic E-state index is 12.0. The molecule has 1 fully saturated rings. The monoisotopic (exact) mass is 368 g/mol. The topological polar surface area (TPSA) is 102 Å².